The zero-order chi connectivity index (χ0) is 20.7. The first kappa shape index (κ1) is 26.7. The van der Waals surface area contributed by atoms with Crippen molar-refractivity contribution in [3.05, 3.63) is 0 Å². The van der Waals surface area contributed by atoms with Gasteiger partial charge in [0.2, 0.25) is 5.91 Å². The van der Waals surface area contributed by atoms with Gasteiger partial charge in [0.15, 0.2) is 5.96 Å². The van der Waals surface area contributed by atoms with Gasteiger partial charge in [-0.25, -0.2) is 4.79 Å². The molecule has 0 aromatic heterocycles. The van der Waals surface area contributed by atoms with Crippen LogP contribution in [0.5, 0.6) is 0 Å². The van der Waals surface area contributed by atoms with Crippen molar-refractivity contribution < 1.29 is 14.3 Å². The van der Waals surface area contributed by atoms with Crippen LogP contribution in [0.25, 0.3) is 0 Å². The van der Waals surface area contributed by atoms with Crippen molar-refractivity contribution in [2.75, 3.05) is 20.6 Å². The summed E-state index contributed by atoms with van der Waals surface area (Å²) in [7, 11) is 3.36. The minimum absolute atomic E-state index is 0. The Morgan fingerprint density at radius 2 is 1.50 bits per heavy atom. The average molecular weight is 511 g/mol. The summed E-state index contributed by atoms with van der Waals surface area (Å²) < 4.78 is 5.31. The molecule has 0 unspecified atom stereocenters. The smallest absolute Gasteiger partial charge is 0.407 e. The van der Waals surface area contributed by atoms with Crippen LogP contribution < -0.4 is 21.3 Å². The summed E-state index contributed by atoms with van der Waals surface area (Å²) in [6.45, 7) is 9.84. The van der Waals surface area contributed by atoms with E-state index in [9.17, 15) is 9.59 Å². The van der Waals surface area contributed by atoms with Crippen molar-refractivity contribution >= 4 is 41.9 Å². The van der Waals surface area contributed by atoms with Gasteiger partial charge in [0, 0.05) is 32.7 Å². The number of hydrogen-bond donors (Lipinski definition) is 4. The highest BCUT2D eigenvalue weighted by Crippen LogP contribution is 2.19. The molecule has 4 N–H and O–H groups in total. The van der Waals surface area contributed by atoms with Crippen LogP contribution in [0.4, 0.5) is 4.79 Å². The Bertz CT molecular complexity index is 538. The second kappa shape index (κ2) is 11.7. The lowest BCUT2D eigenvalue weighted by molar-refractivity contribution is -0.128. The monoisotopic (exact) mass is 511 g/mol. The molecule has 9 heteroatoms. The first-order chi connectivity index (χ1) is 12.5. The number of nitrogens with one attached hydrogen (secondary N) is 4. The lowest BCUT2D eigenvalue weighted by Gasteiger charge is -2.32. The van der Waals surface area contributed by atoms with Gasteiger partial charge in [-0.3, -0.25) is 9.79 Å². The molecule has 1 aliphatic rings. The van der Waals surface area contributed by atoms with Crippen LogP contribution in [0.1, 0.15) is 60.3 Å². The predicted molar refractivity (Wildman–Crippen MR) is 123 cm³/mol. The van der Waals surface area contributed by atoms with Gasteiger partial charge in [0.25, 0.3) is 0 Å². The third-order valence-corrected chi connectivity index (χ3v) is 4.55. The molecular weight excluding hydrogens is 473 g/mol. The minimum Gasteiger partial charge on any atom is -0.444 e. The van der Waals surface area contributed by atoms with Gasteiger partial charge in [0.1, 0.15) is 5.60 Å². The Morgan fingerprint density at radius 1 is 1.00 bits per heavy atom. The van der Waals surface area contributed by atoms with E-state index in [1.165, 1.54) is 0 Å². The fourth-order valence-corrected chi connectivity index (χ4v) is 2.97. The maximum atomic E-state index is 11.9. The Morgan fingerprint density at radius 3 is 1.93 bits per heavy atom. The Hall–Kier alpha value is -1.26. The summed E-state index contributed by atoms with van der Waals surface area (Å²) in [6, 6.07) is 0.427. The van der Waals surface area contributed by atoms with Gasteiger partial charge >= 0.3 is 6.09 Å². The summed E-state index contributed by atoms with van der Waals surface area (Å²) in [5.74, 6) is 0.676. The van der Waals surface area contributed by atoms with Gasteiger partial charge in [-0.1, -0.05) is 0 Å². The van der Waals surface area contributed by atoms with Crippen molar-refractivity contribution in [3.63, 3.8) is 0 Å². The van der Waals surface area contributed by atoms with Gasteiger partial charge in [-0.2, -0.15) is 0 Å². The second-order valence-electron chi connectivity index (χ2n) is 8.73. The van der Waals surface area contributed by atoms with Gasteiger partial charge in [-0.15, -0.1) is 24.0 Å². The summed E-state index contributed by atoms with van der Waals surface area (Å²) in [4.78, 5) is 28.0. The number of carbonyl (C=O) groups is 2. The van der Waals surface area contributed by atoms with Crippen LogP contribution in [-0.2, 0) is 9.53 Å². The van der Waals surface area contributed by atoms with E-state index in [0.29, 0.717) is 12.5 Å². The van der Waals surface area contributed by atoms with E-state index >= 15 is 0 Å². The number of rotatable bonds is 5. The van der Waals surface area contributed by atoms with Crippen LogP contribution in [-0.4, -0.2) is 56.3 Å². The Balaban J connectivity index is 0.00000729. The Kier molecular flexibility index (Phi) is 11.1. The number of amides is 2. The molecule has 2 amide bonds. The molecule has 0 atom stereocenters. The fraction of sp³-hybridized carbons (Fsp3) is 0.842. The molecule has 0 radical (unpaired) electrons. The van der Waals surface area contributed by atoms with Crippen LogP contribution in [0.3, 0.4) is 0 Å². The Labute approximate surface area is 186 Å². The van der Waals surface area contributed by atoms with E-state index in [1.54, 1.807) is 14.1 Å². The molecule has 1 rings (SSSR count). The average Bonchev–Trinajstić information content (AvgIpc) is 2.57. The highest BCUT2D eigenvalue weighted by atomic mass is 127. The number of hydrogen-bond acceptors (Lipinski definition) is 4. The van der Waals surface area contributed by atoms with Crippen LogP contribution in [0.15, 0.2) is 4.99 Å². The van der Waals surface area contributed by atoms with Gasteiger partial charge in [-0.05, 0) is 60.3 Å². The highest BCUT2D eigenvalue weighted by Gasteiger charge is 2.28. The molecule has 1 aliphatic carbocycles. The van der Waals surface area contributed by atoms with Crippen molar-refractivity contribution in [2.45, 2.75) is 78.0 Å². The van der Waals surface area contributed by atoms with Crippen molar-refractivity contribution in [1.29, 1.82) is 0 Å². The van der Waals surface area contributed by atoms with E-state index in [2.05, 4.69) is 26.3 Å². The molecule has 0 heterocycles. The van der Waals surface area contributed by atoms with Crippen LogP contribution >= 0.6 is 24.0 Å². The standard InChI is InChI=1S/C19H37N5O3.HI/c1-18(2,3)27-17(26)24-14-10-8-13(9-11-14)23-16(21-7)22-12-19(4,5)15(25)20-6;/h13-14H,8-12H2,1-7H3,(H,20,25)(H,24,26)(H2,21,22,23);1H. The third kappa shape index (κ3) is 9.79. The summed E-state index contributed by atoms with van der Waals surface area (Å²) in [6.07, 6.45) is 3.28. The van der Waals surface area contributed by atoms with E-state index in [1.807, 2.05) is 34.6 Å². The maximum Gasteiger partial charge on any atom is 0.407 e. The zero-order valence-electron chi connectivity index (χ0n) is 18.3. The predicted octanol–water partition coefficient (Wildman–Crippen LogP) is 2.38. The lowest BCUT2D eigenvalue weighted by Crippen LogP contribution is -2.51. The second-order valence-corrected chi connectivity index (χ2v) is 8.73. The lowest BCUT2D eigenvalue weighted by atomic mass is 9.91. The largest absolute Gasteiger partial charge is 0.444 e. The highest BCUT2D eigenvalue weighted by molar-refractivity contribution is 14.0. The molecule has 0 aromatic rings. The zero-order valence-corrected chi connectivity index (χ0v) is 20.6. The molecule has 1 fully saturated rings. The fourth-order valence-electron chi connectivity index (χ4n) is 2.97. The van der Waals surface area contributed by atoms with Crippen LogP contribution in [0, 0.1) is 5.41 Å². The number of halogens is 1. The minimum atomic E-state index is -0.526. The number of carbonyl (C=O) groups excluding carboxylic acids is 2. The number of nitrogens with zero attached hydrogens (tertiary/aromatic N) is 1. The van der Waals surface area contributed by atoms with Crippen LogP contribution in [0.2, 0.25) is 0 Å². The molecule has 8 nitrogen and oxygen atoms in total. The van der Waals surface area contributed by atoms with Crippen molar-refractivity contribution in [1.82, 2.24) is 21.3 Å². The van der Waals surface area contributed by atoms with E-state index in [-0.39, 0.29) is 48.1 Å². The molecule has 164 valence electrons. The van der Waals surface area contributed by atoms with Crippen molar-refractivity contribution in [3.8, 4) is 0 Å². The normalized spacial score (nSPS) is 20.5. The third-order valence-electron chi connectivity index (χ3n) is 4.55. The topological polar surface area (TPSA) is 104 Å². The summed E-state index contributed by atoms with van der Waals surface area (Å²) >= 11 is 0. The number of aliphatic imine (C=N–C) groups is 1. The molecule has 0 spiro atoms. The number of guanidine groups is 1. The number of ether oxygens (including phenoxy) is 1. The van der Waals surface area contributed by atoms with E-state index < -0.39 is 11.0 Å². The molecule has 0 aliphatic heterocycles. The molecule has 1 saturated carbocycles. The SMILES string of the molecule is CN=C(NCC(C)(C)C(=O)NC)NC1CCC(NC(=O)OC(C)(C)C)CC1.I. The van der Waals surface area contributed by atoms with E-state index in [0.717, 1.165) is 25.7 Å². The van der Waals surface area contributed by atoms with E-state index in [4.69, 9.17) is 4.74 Å². The first-order valence-electron chi connectivity index (χ1n) is 9.65. The summed E-state index contributed by atoms with van der Waals surface area (Å²) in [5, 5.41) is 12.3. The van der Waals surface area contributed by atoms with Gasteiger partial charge < -0.3 is 26.0 Å². The molecule has 28 heavy (non-hydrogen) atoms. The quantitative estimate of drug-likeness (QED) is 0.258. The molecule has 0 saturated heterocycles. The van der Waals surface area contributed by atoms with Gasteiger partial charge in [0.05, 0.1) is 5.41 Å². The number of alkyl carbamates (subject to hydrolysis) is 1. The molecular formula is C19H38IN5O3. The summed E-state index contributed by atoms with van der Waals surface area (Å²) in [5.41, 5.74) is -1.01. The maximum absolute atomic E-state index is 11.9. The molecule has 0 bridgehead atoms. The first-order valence-corrected chi connectivity index (χ1v) is 9.65. The molecule has 0 aromatic carbocycles. The van der Waals surface area contributed by atoms with Crippen molar-refractivity contribution in [2.24, 2.45) is 10.4 Å².